The number of furan rings is 1. The molecule has 0 aliphatic rings. The molecule has 0 unspecified atom stereocenters. The zero-order chi connectivity index (χ0) is 22.9. The molecule has 0 aliphatic carbocycles. The van der Waals surface area contributed by atoms with Gasteiger partial charge in [-0.3, -0.25) is 4.79 Å². The van der Waals surface area contributed by atoms with Gasteiger partial charge in [-0.2, -0.15) is 5.10 Å². The van der Waals surface area contributed by atoms with Gasteiger partial charge in [0.2, 0.25) is 5.91 Å². The van der Waals surface area contributed by atoms with Crippen LogP contribution >= 0.6 is 23.1 Å². The van der Waals surface area contributed by atoms with Crippen molar-refractivity contribution in [2.24, 2.45) is 5.10 Å². The van der Waals surface area contributed by atoms with Crippen molar-refractivity contribution in [3.05, 3.63) is 72.0 Å². The van der Waals surface area contributed by atoms with Gasteiger partial charge in [0.1, 0.15) is 12.4 Å². The first-order valence-corrected chi connectivity index (χ1v) is 12.2. The third kappa shape index (κ3) is 6.84. The van der Waals surface area contributed by atoms with Crippen LogP contribution in [0.5, 0.6) is 11.7 Å². The number of nitrogens with one attached hydrogen (secondary N) is 1. The zero-order valence-corrected chi connectivity index (χ0v) is 19.7. The fraction of sp³-hybridized carbons (Fsp3) is 0.208. The number of rotatable bonds is 11. The molecule has 0 radical (unpaired) electrons. The van der Waals surface area contributed by atoms with Crippen molar-refractivity contribution in [3.8, 4) is 11.7 Å². The van der Waals surface area contributed by atoms with E-state index < -0.39 is 0 Å². The van der Waals surface area contributed by atoms with Crippen molar-refractivity contribution >= 4 is 45.4 Å². The molecule has 0 atom stereocenters. The second-order valence-corrected chi connectivity index (χ2v) is 9.36. The summed E-state index contributed by atoms with van der Waals surface area (Å²) < 4.78 is 18.5. The van der Waals surface area contributed by atoms with E-state index in [1.54, 1.807) is 42.3 Å². The Bertz CT molecular complexity index is 1180. The maximum Gasteiger partial charge on any atom is 0.285 e. The lowest BCUT2D eigenvalue weighted by Gasteiger charge is -2.04. The Labute approximate surface area is 199 Å². The number of hydrazone groups is 1. The molecule has 0 bridgehead atoms. The van der Waals surface area contributed by atoms with E-state index in [1.165, 1.54) is 10.9 Å². The highest BCUT2D eigenvalue weighted by Gasteiger charge is 2.06. The second kappa shape index (κ2) is 11.5. The molecule has 2 heterocycles. The summed E-state index contributed by atoms with van der Waals surface area (Å²) in [5.41, 5.74) is 4.54. The lowest BCUT2D eigenvalue weighted by Crippen LogP contribution is -2.17. The van der Waals surface area contributed by atoms with Gasteiger partial charge in [-0.05, 0) is 42.3 Å². The number of para-hydroxylation sites is 1. The molecule has 7 nitrogen and oxygen atoms in total. The Kier molecular flexibility index (Phi) is 7.99. The molecular weight excluding hydrogens is 458 g/mol. The van der Waals surface area contributed by atoms with Crippen LogP contribution in [0.1, 0.15) is 24.2 Å². The first kappa shape index (κ1) is 22.9. The number of fused-ring (bicyclic) bond motifs is 1. The van der Waals surface area contributed by atoms with Crippen LogP contribution in [0, 0.1) is 0 Å². The molecule has 0 spiro atoms. The van der Waals surface area contributed by atoms with Crippen LogP contribution in [0.4, 0.5) is 0 Å². The van der Waals surface area contributed by atoms with E-state index in [9.17, 15) is 4.79 Å². The highest BCUT2D eigenvalue weighted by Crippen LogP contribution is 2.29. The number of carbonyl (C=O) groups is 1. The van der Waals surface area contributed by atoms with E-state index >= 15 is 0 Å². The molecule has 2 aromatic carbocycles. The fourth-order valence-electron chi connectivity index (χ4n) is 2.89. The number of hydrogen-bond acceptors (Lipinski definition) is 8. The van der Waals surface area contributed by atoms with Gasteiger partial charge in [0.05, 0.1) is 23.5 Å². The van der Waals surface area contributed by atoms with E-state index in [4.69, 9.17) is 13.9 Å². The van der Waals surface area contributed by atoms with Gasteiger partial charge in [-0.15, -0.1) is 11.3 Å². The summed E-state index contributed by atoms with van der Waals surface area (Å²) in [6.45, 7) is 0.375. The largest absolute Gasteiger partial charge is 0.497 e. The standard InChI is InChI=1S/C24H23N3O4S2/c1-29-18-10-8-17(9-11-18)16-30-23-13-12-19(31-23)15-25-27-22(28)7-4-14-32-24-26-20-5-2-3-6-21(20)33-24/h2-3,5-6,8-13,15H,4,7,14,16H2,1H3,(H,27,28)/b25-15+. The number of aromatic nitrogens is 1. The molecule has 0 fully saturated rings. The lowest BCUT2D eigenvalue weighted by atomic mass is 10.2. The molecule has 2 aromatic heterocycles. The molecule has 0 aliphatic heterocycles. The quantitative estimate of drug-likeness (QED) is 0.132. The molecule has 4 rings (SSSR count). The summed E-state index contributed by atoms with van der Waals surface area (Å²) in [4.78, 5) is 16.6. The van der Waals surface area contributed by atoms with Gasteiger partial charge in [0.15, 0.2) is 10.1 Å². The van der Waals surface area contributed by atoms with Crippen LogP contribution in [-0.2, 0) is 11.4 Å². The molecule has 4 aromatic rings. The molecule has 0 saturated carbocycles. The predicted molar refractivity (Wildman–Crippen MR) is 131 cm³/mol. The molecule has 170 valence electrons. The summed E-state index contributed by atoms with van der Waals surface area (Å²) in [7, 11) is 1.63. The number of amides is 1. The van der Waals surface area contributed by atoms with Crippen LogP contribution in [0.3, 0.4) is 0 Å². The van der Waals surface area contributed by atoms with Crippen molar-refractivity contribution in [1.29, 1.82) is 0 Å². The number of methoxy groups -OCH3 is 1. The molecular formula is C24H23N3O4S2. The summed E-state index contributed by atoms with van der Waals surface area (Å²) >= 11 is 3.35. The minimum Gasteiger partial charge on any atom is -0.497 e. The number of ether oxygens (including phenoxy) is 2. The van der Waals surface area contributed by atoms with Gasteiger partial charge in [-0.1, -0.05) is 36.0 Å². The number of thiazole rings is 1. The van der Waals surface area contributed by atoms with Crippen LogP contribution in [0.25, 0.3) is 10.2 Å². The van der Waals surface area contributed by atoms with Crippen LogP contribution < -0.4 is 14.9 Å². The summed E-state index contributed by atoms with van der Waals surface area (Å²) in [5, 5.41) is 3.95. The normalized spacial score (nSPS) is 11.2. The van der Waals surface area contributed by atoms with Crippen LogP contribution in [0.2, 0.25) is 0 Å². The zero-order valence-electron chi connectivity index (χ0n) is 18.0. The average Bonchev–Trinajstić information content (AvgIpc) is 3.47. The first-order chi connectivity index (χ1) is 16.2. The molecule has 1 amide bonds. The van der Waals surface area contributed by atoms with Crippen molar-refractivity contribution in [2.45, 2.75) is 23.8 Å². The molecule has 1 N–H and O–H groups in total. The number of nitrogens with zero attached hydrogens (tertiary/aromatic N) is 2. The van der Waals surface area contributed by atoms with E-state index in [-0.39, 0.29) is 5.91 Å². The second-order valence-electron chi connectivity index (χ2n) is 6.99. The summed E-state index contributed by atoms with van der Waals surface area (Å²) in [5.74, 6) is 2.35. The summed E-state index contributed by atoms with van der Waals surface area (Å²) in [6.07, 6.45) is 2.59. The first-order valence-electron chi connectivity index (χ1n) is 10.4. The highest BCUT2D eigenvalue weighted by molar-refractivity contribution is 8.01. The molecule has 9 heteroatoms. The monoisotopic (exact) mass is 481 g/mol. The van der Waals surface area contributed by atoms with E-state index in [1.807, 2.05) is 42.5 Å². The number of benzene rings is 2. The number of thioether (sulfide) groups is 1. The SMILES string of the molecule is COc1ccc(COc2ccc(/C=N/NC(=O)CCCSc3nc4ccccc4s3)o2)cc1. The Balaban J connectivity index is 1.13. The van der Waals surface area contributed by atoms with E-state index in [0.717, 1.165) is 33.3 Å². The van der Waals surface area contributed by atoms with Crippen LogP contribution in [0.15, 0.2) is 74.5 Å². The fourth-order valence-corrected chi connectivity index (χ4v) is 4.96. The topological polar surface area (TPSA) is 86.0 Å². The van der Waals surface area contributed by atoms with Crippen molar-refractivity contribution in [3.63, 3.8) is 0 Å². The minimum atomic E-state index is -0.140. The predicted octanol–water partition coefficient (Wildman–Crippen LogP) is 5.50. The average molecular weight is 482 g/mol. The Hall–Kier alpha value is -3.30. The lowest BCUT2D eigenvalue weighted by molar-refractivity contribution is -0.121. The minimum absolute atomic E-state index is 0.140. The van der Waals surface area contributed by atoms with Gasteiger partial charge in [-0.25, -0.2) is 10.4 Å². The molecule has 33 heavy (non-hydrogen) atoms. The summed E-state index contributed by atoms with van der Waals surface area (Å²) in [6, 6.07) is 19.1. The van der Waals surface area contributed by atoms with Crippen LogP contribution in [-0.4, -0.2) is 30.0 Å². The Morgan fingerprint density at radius 3 is 2.85 bits per heavy atom. The van der Waals surface area contributed by atoms with Gasteiger partial charge < -0.3 is 13.9 Å². The van der Waals surface area contributed by atoms with Gasteiger partial charge in [0, 0.05) is 18.2 Å². The maximum absolute atomic E-state index is 12.0. The Morgan fingerprint density at radius 2 is 2.03 bits per heavy atom. The van der Waals surface area contributed by atoms with Crippen molar-refractivity contribution < 1.29 is 18.7 Å². The Morgan fingerprint density at radius 1 is 1.18 bits per heavy atom. The maximum atomic E-state index is 12.0. The third-order valence-corrected chi connectivity index (χ3v) is 6.84. The van der Waals surface area contributed by atoms with E-state index in [2.05, 4.69) is 21.6 Å². The van der Waals surface area contributed by atoms with E-state index in [0.29, 0.717) is 24.7 Å². The number of carbonyl (C=O) groups excluding carboxylic acids is 1. The van der Waals surface area contributed by atoms with Crippen molar-refractivity contribution in [1.82, 2.24) is 10.4 Å². The number of hydrogen-bond donors (Lipinski definition) is 1. The highest BCUT2D eigenvalue weighted by atomic mass is 32.2. The van der Waals surface area contributed by atoms with Crippen molar-refractivity contribution in [2.75, 3.05) is 12.9 Å². The molecule has 0 saturated heterocycles. The third-order valence-electron chi connectivity index (χ3n) is 4.57. The smallest absolute Gasteiger partial charge is 0.285 e. The van der Waals surface area contributed by atoms with Gasteiger partial charge in [0.25, 0.3) is 5.95 Å². The van der Waals surface area contributed by atoms with Gasteiger partial charge >= 0.3 is 0 Å².